The van der Waals surface area contributed by atoms with E-state index in [1.165, 1.54) is 25.2 Å². The van der Waals surface area contributed by atoms with E-state index in [2.05, 4.69) is 5.32 Å². The molecule has 2 unspecified atom stereocenters. The number of halogens is 2. The van der Waals surface area contributed by atoms with Crippen molar-refractivity contribution in [1.29, 1.82) is 0 Å². The second kappa shape index (κ2) is 13.9. The highest BCUT2D eigenvalue weighted by atomic mass is 35.5. The van der Waals surface area contributed by atoms with Crippen molar-refractivity contribution < 1.29 is 27.5 Å². The summed E-state index contributed by atoms with van der Waals surface area (Å²) in [5.74, 6) is -0.298. The summed E-state index contributed by atoms with van der Waals surface area (Å²) in [7, 11) is -1.11. The molecule has 0 spiro atoms. The Morgan fingerprint density at radius 3 is 2.21 bits per heavy atom. The molecule has 0 radical (unpaired) electrons. The molecule has 0 aromatic heterocycles. The summed E-state index contributed by atoms with van der Waals surface area (Å²) >= 11 is 12.3. The van der Waals surface area contributed by atoms with E-state index >= 15 is 0 Å². The molecule has 2 rings (SSSR count). The molecular formula is C26H35Cl2N3O6S. The third-order valence-electron chi connectivity index (χ3n) is 6.06. The minimum absolute atomic E-state index is 0.00893. The van der Waals surface area contributed by atoms with Gasteiger partial charge in [0, 0.05) is 18.7 Å². The van der Waals surface area contributed by atoms with Crippen LogP contribution in [0.15, 0.2) is 36.4 Å². The Morgan fingerprint density at radius 2 is 1.68 bits per heavy atom. The number of nitrogens with one attached hydrogen (secondary N) is 1. The monoisotopic (exact) mass is 587 g/mol. The fourth-order valence-electron chi connectivity index (χ4n) is 3.78. The Kier molecular flexibility index (Phi) is 11.5. The molecule has 0 saturated carbocycles. The number of carbonyl (C=O) groups excluding carboxylic acids is 2. The first kappa shape index (κ1) is 31.5. The molecule has 0 bridgehead atoms. The molecule has 0 aliphatic carbocycles. The third kappa shape index (κ3) is 8.15. The second-order valence-corrected chi connectivity index (χ2v) is 11.5. The molecule has 2 aromatic rings. The van der Waals surface area contributed by atoms with Gasteiger partial charge in [-0.1, -0.05) is 43.1 Å². The molecule has 38 heavy (non-hydrogen) atoms. The van der Waals surface area contributed by atoms with E-state index in [0.29, 0.717) is 34.2 Å². The number of nitrogens with zero attached hydrogens (tertiary/aromatic N) is 2. The van der Waals surface area contributed by atoms with Gasteiger partial charge in [0.25, 0.3) is 0 Å². The van der Waals surface area contributed by atoms with Crippen molar-refractivity contribution in [3.05, 3.63) is 52.0 Å². The summed E-state index contributed by atoms with van der Waals surface area (Å²) in [6, 6.07) is 8.60. The molecule has 210 valence electrons. The lowest BCUT2D eigenvalue weighted by atomic mass is 10.1. The van der Waals surface area contributed by atoms with Gasteiger partial charge in [-0.3, -0.25) is 13.9 Å². The topological polar surface area (TPSA) is 105 Å². The number of sulfonamides is 1. The molecule has 12 heteroatoms. The molecule has 2 amide bonds. The predicted octanol–water partition coefficient (Wildman–Crippen LogP) is 4.50. The van der Waals surface area contributed by atoms with Crippen LogP contribution in [0.3, 0.4) is 0 Å². The molecule has 0 fully saturated rings. The lowest BCUT2D eigenvalue weighted by Gasteiger charge is -2.33. The Hall–Kier alpha value is -2.69. The summed E-state index contributed by atoms with van der Waals surface area (Å²) in [5.41, 5.74) is 0.765. The van der Waals surface area contributed by atoms with Crippen LogP contribution in [0.5, 0.6) is 11.5 Å². The maximum Gasteiger partial charge on any atom is 0.244 e. The SMILES string of the molecule is CCC(C)NC(=O)C(CC)N(Cc1ccc(Cl)c(Cl)c1)C(=O)CN(c1cc(OC)ccc1OC)S(C)(=O)=O. The van der Waals surface area contributed by atoms with Gasteiger partial charge in [0.2, 0.25) is 21.8 Å². The van der Waals surface area contributed by atoms with Gasteiger partial charge >= 0.3 is 0 Å². The standard InChI is InChI=1S/C26H35Cl2N3O6S/c1-7-17(3)29-26(33)22(8-2)30(15-18-9-11-20(27)21(28)13-18)25(32)16-31(38(6,34)35)23-14-19(36-4)10-12-24(23)37-5/h9-14,17,22H,7-8,15-16H2,1-6H3,(H,29,33). The average Bonchev–Trinajstić information content (AvgIpc) is 2.87. The van der Waals surface area contributed by atoms with Crippen molar-refractivity contribution in [2.45, 2.75) is 52.2 Å². The fourth-order valence-corrected chi connectivity index (χ4v) is 4.95. The minimum atomic E-state index is -3.95. The van der Waals surface area contributed by atoms with Gasteiger partial charge in [0.1, 0.15) is 24.1 Å². The van der Waals surface area contributed by atoms with Crippen LogP contribution in [0.2, 0.25) is 10.0 Å². The number of rotatable bonds is 13. The smallest absolute Gasteiger partial charge is 0.244 e. The number of hydrogen-bond acceptors (Lipinski definition) is 6. The summed E-state index contributed by atoms with van der Waals surface area (Å²) in [6.07, 6.45) is 2.01. The Morgan fingerprint density at radius 1 is 1.00 bits per heavy atom. The number of ether oxygens (including phenoxy) is 2. The van der Waals surface area contributed by atoms with Crippen LogP contribution in [0.1, 0.15) is 39.2 Å². The van der Waals surface area contributed by atoms with Crippen LogP contribution in [0.25, 0.3) is 0 Å². The fraction of sp³-hybridized carbons (Fsp3) is 0.462. The highest BCUT2D eigenvalue weighted by Gasteiger charge is 2.33. The molecule has 0 aliphatic rings. The minimum Gasteiger partial charge on any atom is -0.497 e. The van der Waals surface area contributed by atoms with Gasteiger partial charge in [0.05, 0.1) is 36.2 Å². The molecule has 0 aliphatic heterocycles. The first-order valence-corrected chi connectivity index (χ1v) is 14.7. The zero-order chi connectivity index (χ0) is 28.6. The Balaban J connectivity index is 2.55. The molecule has 0 heterocycles. The van der Waals surface area contributed by atoms with E-state index < -0.39 is 28.5 Å². The number of anilines is 1. The molecule has 1 N–H and O–H groups in total. The van der Waals surface area contributed by atoms with Gasteiger partial charge in [0.15, 0.2) is 0 Å². The van der Waals surface area contributed by atoms with Gasteiger partial charge < -0.3 is 19.7 Å². The van der Waals surface area contributed by atoms with Gasteiger partial charge in [-0.25, -0.2) is 8.42 Å². The van der Waals surface area contributed by atoms with Crippen LogP contribution < -0.4 is 19.1 Å². The molecule has 2 aromatic carbocycles. The van der Waals surface area contributed by atoms with E-state index in [1.807, 2.05) is 13.8 Å². The first-order chi connectivity index (χ1) is 17.9. The zero-order valence-electron chi connectivity index (χ0n) is 22.5. The highest BCUT2D eigenvalue weighted by Crippen LogP contribution is 2.34. The molecular weight excluding hydrogens is 553 g/mol. The third-order valence-corrected chi connectivity index (χ3v) is 7.92. The van der Waals surface area contributed by atoms with E-state index in [4.69, 9.17) is 32.7 Å². The van der Waals surface area contributed by atoms with Crippen molar-refractivity contribution >= 4 is 50.7 Å². The van der Waals surface area contributed by atoms with E-state index in [1.54, 1.807) is 37.3 Å². The van der Waals surface area contributed by atoms with E-state index in [-0.39, 0.29) is 29.9 Å². The van der Waals surface area contributed by atoms with Crippen molar-refractivity contribution in [3.8, 4) is 11.5 Å². The zero-order valence-corrected chi connectivity index (χ0v) is 24.8. The largest absolute Gasteiger partial charge is 0.497 e. The van der Waals surface area contributed by atoms with Gasteiger partial charge in [-0.15, -0.1) is 0 Å². The average molecular weight is 589 g/mol. The van der Waals surface area contributed by atoms with Crippen molar-refractivity contribution in [2.24, 2.45) is 0 Å². The lowest BCUT2D eigenvalue weighted by molar-refractivity contribution is -0.140. The van der Waals surface area contributed by atoms with Crippen molar-refractivity contribution in [3.63, 3.8) is 0 Å². The number of benzene rings is 2. The quantitative estimate of drug-likeness (QED) is 0.370. The molecule has 0 saturated heterocycles. The summed E-state index contributed by atoms with van der Waals surface area (Å²) in [6.45, 7) is 5.04. The summed E-state index contributed by atoms with van der Waals surface area (Å²) < 4.78 is 37.4. The molecule has 2 atom stereocenters. The van der Waals surface area contributed by atoms with Crippen molar-refractivity contribution in [2.75, 3.05) is 31.3 Å². The summed E-state index contributed by atoms with van der Waals surface area (Å²) in [4.78, 5) is 28.4. The van der Waals surface area contributed by atoms with Gasteiger partial charge in [-0.05, 0) is 49.6 Å². The van der Waals surface area contributed by atoms with Crippen molar-refractivity contribution in [1.82, 2.24) is 10.2 Å². The number of carbonyl (C=O) groups is 2. The first-order valence-electron chi connectivity index (χ1n) is 12.1. The maximum absolute atomic E-state index is 13.9. The Labute approximate surface area is 235 Å². The molecule has 9 nitrogen and oxygen atoms in total. The van der Waals surface area contributed by atoms with E-state index in [0.717, 1.165) is 10.6 Å². The normalized spacial score (nSPS) is 12.8. The lowest BCUT2D eigenvalue weighted by Crippen LogP contribution is -2.53. The number of methoxy groups -OCH3 is 2. The summed E-state index contributed by atoms with van der Waals surface area (Å²) in [5, 5.41) is 3.57. The highest BCUT2D eigenvalue weighted by molar-refractivity contribution is 7.92. The van der Waals surface area contributed by atoms with Crippen LogP contribution in [-0.4, -0.2) is 64.2 Å². The van der Waals surface area contributed by atoms with Crippen LogP contribution in [0, 0.1) is 0 Å². The predicted molar refractivity (Wildman–Crippen MR) is 151 cm³/mol. The number of hydrogen-bond donors (Lipinski definition) is 1. The van der Waals surface area contributed by atoms with Crippen LogP contribution in [0.4, 0.5) is 5.69 Å². The Bertz CT molecular complexity index is 1240. The maximum atomic E-state index is 13.9. The van der Waals surface area contributed by atoms with Crippen LogP contribution >= 0.6 is 23.2 Å². The van der Waals surface area contributed by atoms with Crippen LogP contribution in [-0.2, 0) is 26.2 Å². The van der Waals surface area contributed by atoms with Gasteiger partial charge in [-0.2, -0.15) is 0 Å². The number of amides is 2. The second-order valence-electron chi connectivity index (χ2n) is 8.82. The van der Waals surface area contributed by atoms with E-state index in [9.17, 15) is 18.0 Å².